The lowest BCUT2D eigenvalue weighted by molar-refractivity contribution is 0.159. The minimum Gasteiger partial charge on any atom is -0.396 e. The molecule has 6 heteroatoms. The van der Waals surface area contributed by atoms with Crippen LogP contribution in [0, 0.1) is 0 Å². The van der Waals surface area contributed by atoms with Crippen LogP contribution < -0.4 is 10.6 Å². The third-order valence-corrected chi connectivity index (χ3v) is 4.10. The molecule has 0 bridgehead atoms. The number of urea groups is 1. The van der Waals surface area contributed by atoms with E-state index < -0.39 is 0 Å². The molecular formula is C14H21N5O. The molecule has 0 radical (unpaired) electrons. The first-order chi connectivity index (χ1) is 9.75. The van der Waals surface area contributed by atoms with Crippen LogP contribution in [-0.4, -0.2) is 60.1 Å². The smallest absolute Gasteiger partial charge is 0.320 e. The zero-order valence-corrected chi connectivity index (χ0v) is 11.7. The number of nitrogens with two attached hydrogens (primary N) is 1. The van der Waals surface area contributed by atoms with E-state index in [1.54, 1.807) is 12.4 Å². The third kappa shape index (κ3) is 2.50. The van der Waals surface area contributed by atoms with Crippen molar-refractivity contribution in [2.75, 3.05) is 49.9 Å². The number of likely N-dealkylation sites (tertiary alicyclic amines) is 1. The molecule has 2 amide bonds. The molecular weight excluding hydrogens is 254 g/mol. The first-order valence-corrected chi connectivity index (χ1v) is 7.24. The summed E-state index contributed by atoms with van der Waals surface area (Å²) in [5.74, 6) is 0. The summed E-state index contributed by atoms with van der Waals surface area (Å²) in [5.41, 5.74) is 7.67. The number of anilines is 2. The summed E-state index contributed by atoms with van der Waals surface area (Å²) in [5, 5.41) is 0. The van der Waals surface area contributed by atoms with Crippen LogP contribution in [0.5, 0.6) is 0 Å². The molecule has 3 heterocycles. The summed E-state index contributed by atoms with van der Waals surface area (Å²) in [7, 11) is 0. The predicted octanol–water partition coefficient (Wildman–Crippen LogP) is 1.00. The van der Waals surface area contributed by atoms with Gasteiger partial charge in [-0.1, -0.05) is 0 Å². The van der Waals surface area contributed by atoms with Crippen LogP contribution in [0.4, 0.5) is 16.2 Å². The number of piperazine rings is 1. The summed E-state index contributed by atoms with van der Waals surface area (Å²) in [6.07, 6.45) is 5.71. The normalized spacial score (nSPS) is 19.5. The SMILES string of the molecule is Nc1cnccc1N1CCN(C(=O)N2CCCC2)CC1. The maximum absolute atomic E-state index is 12.3. The van der Waals surface area contributed by atoms with Gasteiger partial charge in [0, 0.05) is 45.5 Å². The van der Waals surface area contributed by atoms with Crippen molar-refractivity contribution in [3.63, 3.8) is 0 Å². The number of pyridine rings is 1. The molecule has 6 nitrogen and oxygen atoms in total. The maximum Gasteiger partial charge on any atom is 0.320 e. The molecule has 2 fully saturated rings. The van der Waals surface area contributed by atoms with Crippen LogP contribution in [-0.2, 0) is 0 Å². The molecule has 0 aromatic carbocycles. The second kappa shape index (κ2) is 5.56. The molecule has 20 heavy (non-hydrogen) atoms. The Morgan fingerprint density at radius 3 is 2.35 bits per heavy atom. The lowest BCUT2D eigenvalue weighted by Gasteiger charge is -2.38. The fourth-order valence-electron chi connectivity index (χ4n) is 2.93. The van der Waals surface area contributed by atoms with Crippen molar-refractivity contribution in [3.05, 3.63) is 18.5 Å². The van der Waals surface area contributed by atoms with Gasteiger partial charge in [-0.15, -0.1) is 0 Å². The largest absolute Gasteiger partial charge is 0.396 e. The number of hydrogen-bond acceptors (Lipinski definition) is 4. The van der Waals surface area contributed by atoms with Crippen molar-refractivity contribution >= 4 is 17.4 Å². The van der Waals surface area contributed by atoms with Crippen LogP contribution in [0.15, 0.2) is 18.5 Å². The van der Waals surface area contributed by atoms with Gasteiger partial charge in [0.1, 0.15) is 0 Å². The minimum absolute atomic E-state index is 0.199. The molecule has 3 rings (SSSR count). The number of aromatic nitrogens is 1. The van der Waals surface area contributed by atoms with E-state index in [1.165, 1.54) is 0 Å². The van der Waals surface area contributed by atoms with Gasteiger partial charge in [-0.25, -0.2) is 4.79 Å². The third-order valence-electron chi connectivity index (χ3n) is 4.10. The highest BCUT2D eigenvalue weighted by atomic mass is 16.2. The molecule has 0 saturated carbocycles. The minimum atomic E-state index is 0.199. The number of rotatable bonds is 1. The van der Waals surface area contributed by atoms with Gasteiger partial charge >= 0.3 is 6.03 Å². The molecule has 0 atom stereocenters. The van der Waals surface area contributed by atoms with Gasteiger partial charge in [-0.3, -0.25) is 4.98 Å². The van der Waals surface area contributed by atoms with Crippen molar-refractivity contribution in [1.29, 1.82) is 0 Å². The van der Waals surface area contributed by atoms with Crippen molar-refractivity contribution in [2.45, 2.75) is 12.8 Å². The van der Waals surface area contributed by atoms with E-state index in [0.717, 1.165) is 57.8 Å². The van der Waals surface area contributed by atoms with Crippen molar-refractivity contribution < 1.29 is 4.79 Å². The Morgan fingerprint density at radius 1 is 1.05 bits per heavy atom. The van der Waals surface area contributed by atoms with E-state index in [2.05, 4.69) is 9.88 Å². The quantitative estimate of drug-likeness (QED) is 0.830. The number of amides is 2. The van der Waals surface area contributed by atoms with E-state index >= 15 is 0 Å². The second-order valence-corrected chi connectivity index (χ2v) is 5.39. The Bertz CT molecular complexity index is 478. The first-order valence-electron chi connectivity index (χ1n) is 7.24. The Labute approximate surface area is 119 Å². The van der Waals surface area contributed by atoms with E-state index in [4.69, 9.17) is 5.73 Å². The van der Waals surface area contributed by atoms with Crippen molar-refractivity contribution in [1.82, 2.24) is 14.8 Å². The predicted molar refractivity (Wildman–Crippen MR) is 78.6 cm³/mol. The van der Waals surface area contributed by atoms with Crippen LogP contribution in [0.25, 0.3) is 0 Å². The summed E-state index contributed by atoms with van der Waals surface area (Å²) < 4.78 is 0. The highest BCUT2D eigenvalue weighted by molar-refractivity contribution is 5.75. The van der Waals surface area contributed by atoms with E-state index in [9.17, 15) is 4.79 Å². The number of hydrogen-bond donors (Lipinski definition) is 1. The van der Waals surface area contributed by atoms with Crippen LogP contribution in [0.2, 0.25) is 0 Å². The van der Waals surface area contributed by atoms with E-state index in [-0.39, 0.29) is 6.03 Å². The fourth-order valence-corrected chi connectivity index (χ4v) is 2.93. The summed E-state index contributed by atoms with van der Waals surface area (Å²) in [6.45, 7) is 5.00. The first kappa shape index (κ1) is 13.0. The average molecular weight is 275 g/mol. The lowest BCUT2D eigenvalue weighted by atomic mass is 10.2. The van der Waals surface area contributed by atoms with Gasteiger partial charge in [-0.2, -0.15) is 0 Å². The second-order valence-electron chi connectivity index (χ2n) is 5.39. The Balaban J connectivity index is 1.59. The van der Waals surface area contributed by atoms with E-state index in [1.807, 2.05) is 15.9 Å². The molecule has 0 aliphatic carbocycles. The van der Waals surface area contributed by atoms with Gasteiger partial charge in [0.2, 0.25) is 0 Å². The Kier molecular flexibility index (Phi) is 3.62. The maximum atomic E-state index is 12.3. The lowest BCUT2D eigenvalue weighted by Crippen LogP contribution is -2.52. The molecule has 2 aliphatic heterocycles. The van der Waals surface area contributed by atoms with Crippen molar-refractivity contribution in [2.24, 2.45) is 0 Å². The topological polar surface area (TPSA) is 65.7 Å². The number of carbonyl (C=O) groups excluding carboxylic acids is 1. The summed E-state index contributed by atoms with van der Waals surface area (Å²) in [4.78, 5) is 22.5. The average Bonchev–Trinajstić information content (AvgIpc) is 3.01. The van der Waals surface area contributed by atoms with Crippen LogP contribution in [0.3, 0.4) is 0 Å². The number of nitrogens with zero attached hydrogens (tertiary/aromatic N) is 4. The highest BCUT2D eigenvalue weighted by Gasteiger charge is 2.27. The molecule has 1 aromatic rings. The molecule has 1 aromatic heterocycles. The van der Waals surface area contributed by atoms with E-state index in [0.29, 0.717) is 5.69 Å². The van der Waals surface area contributed by atoms with Gasteiger partial charge in [0.05, 0.1) is 17.6 Å². The summed E-state index contributed by atoms with van der Waals surface area (Å²) in [6, 6.07) is 2.14. The monoisotopic (exact) mass is 275 g/mol. The standard InChI is InChI=1S/C14H21N5O/c15-12-11-16-4-3-13(12)17-7-9-19(10-8-17)14(20)18-5-1-2-6-18/h3-4,11H,1-2,5-10,15H2. The van der Waals surface area contributed by atoms with Gasteiger partial charge in [0.25, 0.3) is 0 Å². The van der Waals surface area contributed by atoms with Crippen molar-refractivity contribution in [3.8, 4) is 0 Å². The molecule has 0 spiro atoms. The van der Waals surface area contributed by atoms with Crippen LogP contribution >= 0.6 is 0 Å². The molecule has 0 unspecified atom stereocenters. The fraction of sp³-hybridized carbons (Fsp3) is 0.571. The van der Waals surface area contributed by atoms with Crippen LogP contribution in [0.1, 0.15) is 12.8 Å². The zero-order chi connectivity index (χ0) is 13.9. The molecule has 2 N–H and O–H groups in total. The molecule has 2 saturated heterocycles. The zero-order valence-electron chi connectivity index (χ0n) is 11.7. The number of nitrogen functional groups attached to an aromatic ring is 1. The van der Waals surface area contributed by atoms with Gasteiger partial charge < -0.3 is 20.4 Å². The molecule has 108 valence electrons. The van der Waals surface area contributed by atoms with Gasteiger partial charge in [0.15, 0.2) is 0 Å². The summed E-state index contributed by atoms with van der Waals surface area (Å²) >= 11 is 0. The Hall–Kier alpha value is -1.98. The highest BCUT2D eigenvalue weighted by Crippen LogP contribution is 2.23. The Morgan fingerprint density at radius 2 is 1.70 bits per heavy atom. The number of carbonyl (C=O) groups is 1. The van der Waals surface area contributed by atoms with Gasteiger partial charge in [-0.05, 0) is 18.9 Å². The molecule has 2 aliphatic rings.